The molecule has 0 fully saturated rings. The van der Waals surface area contributed by atoms with Gasteiger partial charge in [-0.3, -0.25) is 0 Å². The van der Waals surface area contributed by atoms with Crippen LogP contribution in [-0.2, 0) is 6.18 Å². The summed E-state index contributed by atoms with van der Waals surface area (Å²) in [4.78, 5) is 0. The van der Waals surface area contributed by atoms with E-state index < -0.39 is 11.7 Å². The molecule has 2 aromatic heterocycles. The minimum absolute atomic E-state index is 0.00341. The Hall–Kier alpha value is -7.87. The molecule has 2 heterocycles. The zero-order chi connectivity index (χ0) is 41.3. The Labute approximate surface area is 343 Å². The van der Waals surface area contributed by atoms with Crippen molar-refractivity contribution in [2.75, 3.05) is 0 Å². The number of rotatable bonds is 5. The van der Waals surface area contributed by atoms with Gasteiger partial charge in [0.05, 0.1) is 62.3 Å². The summed E-state index contributed by atoms with van der Waals surface area (Å²) in [5, 5.41) is 25.1. The van der Waals surface area contributed by atoms with Crippen LogP contribution in [0.5, 0.6) is 0 Å². The number of nitriles is 2. The van der Waals surface area contributed by atoms with Crippen LogP contribution in [0, 0.1) is 36.5 Å². The molecule has 0 aliphatic heterocycles. The smallest absolute Gasteiger partial charge is 0.307 e. The van der Waals surface area contributed by atoms with Crippen LogP contribution in [0.15, 0.2) is 164 Å². The topological polar surface area (TPSA) is 57.4 Å². The number of aromatic nitrogens is 2. The van der Waals surface area contributed by atoms with Crippen LogP contribution in [0.3, 0.4) is 0 Å². The van der Waals surface area contributed by atoms with E-state index in [-0.39, 0.29) is 22.3 Å². The monoisotopic (exact) mass is 782 g/mol. The molecule has 0 aliphatic carbocycles. The van der Waals surface area contributed by atoms with Gasteiger partial charge in [0.15, 0.2) is 0 Å². The number of alkyl halides is 3. The first-order chi connectivity index (χ1) is 29.1. The molecule has 0 saturated heterocycles. The second-order valence-corrected chi connectivity index (χ2v) is 15.2. The van der Waals surface area contributed by atoms with E-state index in [0.717, 1.165) is 83.1 Å². The summed E-state index contributed by atoms with van der Waals surface area (Å²) in [6.07, 6.45) is -4.80. The quantitative estimate of drug-likeness (QED) is 0.175. The van der Waals surface area contributed by atoms with Crippen molar-refractivity contribution >= 4 is 43.6 Å². The van der Waals surface area contributed by atoms with Crippen molar-refractivity contribution in [1.82, 2.24) is 9.13 Å². The molecule has 0 unspecified atom stereocenters. The van der Waals surface area contributed by atoms with E-state index in [1.807, 2.05) is 62.4 Å². The second kappa shape index (κ2) is 13.9. The normalized spacial score (nSPS) is 11.7. The molecule has 60 heavy (non-hydrogen) atoms. The van der Waals surface area contributed by atoms with Gasteiger partial charge in [0.2, 0.25) is 0 Å². The molecule has 8 aromatic carbocycles. The average Bonchev–Trinajstić information content (AvgIpc) is 3.77. The Kier molecular flexibility index (Phi) is 8.45. The van der Waals surface area contributed by atoms with E-state index in [4.69, 9.17) is 0 Å². The van der Waals surface area contributed by atoms with Gasteiger partial charge in [-0.05, 0) is 84.6 Å². The third kappa shape index (κ3) is 5.82. The number of fused-ring (bicyclic) bond motifs is 6. The summed E-state index contributed by atoms with van der Waals surface area (Å²) < 4.78 is 49.1. The molecule has 0 saturated carbocycles. The highest BCUT2D eigenvalue weighted by molar-refractivity contribution is 6.13. The zero-order valence-electron chi connectivity index (χ0n) is 32.5. The van der Waals surface area contributed by atoms with Gasteiger partial charge in [-0.2, -0.15) is 23.7 Å². The first-order valence-corrected chi connectivity index (χ1v) is 19.5. The lowest BCUT2D eigenvalue weighted by Gasteiger charge is -2.21. The minimum atomic E-state index is -4.80. The molecule has 7 heteroatoms. The van der Waals surface area contributed by atoms with Crippen molar-refractivity contribution in [1.29, 1.82) is 10.5 Å². The number of hydrogen-bond acceptors (Lipinski definition) is 2. The molecular weight excluding hydrogens is 750 g/mol. The highest BCUT2D eigenvalue weighted by Crippen LogP contribution is 2.45. The van der Waals surface area contributed by atoms with E-state index in [2.05, 4.69) is 106 Å². The Morgan fingerprint density at radius 2 is 0.883 bits per heavy atom. The summed E-state index contributed by atoms with van der Waals surface area (Å²) in [6.45, 7) is 4.09. The van der Waals surface area contributed by atoms with Crippen LogP contribution in [0.1, 0.15) is 27.8 Å². The standard InChI is InChI=1S/C53H33F3N4/c1-32-14-18-34(19-15-32)36-22-24-42-40-9-3-5-12-46(40)59(48(42)26-36)50-28-39(31-58)44(52-38(30-57)8-7-11-45(52)53(54,55)56)29-51(50)60-47-13-6-4-10-41(47)43-25-23-37(27-49(43)60)35-20-16-33(2)17-21-35/h3-29H,1-2H3. The molecule has 286 valence electrons. The molecule has 0 N–H and O–H groups in total. The van der Waals surface area contributed by atoms with Gasteiger partial charge in [0.1, 0.15) is 0 Å². The first-order valence-electron chi connectivity index (χ1n) is 19.5. The molecule has 0 aliphatic rings. The van der Waals surface area contributed by atoms with Gasteiger partial charge in [0, 0.05) is 32.7 Å². The first kappa shape index (κ1) is 36.5. The van der Waals surface area contributed by atoms with Gasteiger partial charge in [-0.1, -0.05) is 126 Å². The van der Waals surface area contributed by atoms with Crippen molar-refractivity contribution in [2.24, 2.45) is 0 Å². The number of aryl methyl sites for hydroxylation is 2. The van der Waals surface area contributed by atoms with Crippen molar-refractivity contribution in [2.45, 2.75) is 20.0 Å². The third-order valence-corrected chi connectivity index (χ3v) is 11.6. The maximum Gasteiger partial charge on any atom is 0.417 e. The zero-order valence-corrected chi connectivity index (χ0v) is 32.5. The molecule has 4 nitrogen and oxygen atoms in total. The molecule has 0 radical (unpaired) electrons. The molecule has 10 rings (SSSR count). The van der Waals surface area contributed by atoms with Gasteiger partial charge in [0.25, 0.3) is 0 Å². The van der Waals surface area contributed by atoms with Gasteiger partial charge >= 0.3 is 6.18 Å². The average molecular weight is 783 g/mol. The second-order valence-electron chi connectivity index (χ2n) is 15.2. The molecular formula is C53H33F3N4. The van der Waals surface area contributed by atoms with E-state index in [0.29, 0.717) is 11.4 Å². The summed E-state index contributed by atoms with van der Waals surface area (Å²) >= 11 is 0. The van der Waals surface area contributed by atoms with Crippen LogP contribution < -0.4 is 0 Å². The number of halogens is 3. The summed E-state index contributed by atoms with van der Waals surface area (Å²) in [5.41, 5.74) is 9.33. The fourth-order valence-corrected chi connectivity index (χ4v) is 8.72. The van der Waals surface area contributed by atoms with Gasteiger partial charge in [-0.15, -0.1) is 0 Å². The Morgan fingerprint density at radius 1 is 0.433 bits per heavy atom. The van der Waals surface area contributed by atoms with Crippen LogP contribution in [0.2, 0.25) is 0 Å². The Bertz CT molecular complexity index is 3450. The number of benzene rings is 8. The number of para-hydroxylation sites is 2. The third-order valence-electron chi connectivity index (χ3n) is 11.6. The van der Waals surface area contributed by atoms with Crippen LogP contribution in [0.4, 0.5) is 13.2 Å². The van der Waals surface area contributed by atoms with Crippen molar-refractivity contribution in [3.8, 4) is 56.9 Å². The predicted octanol–water partition coefficient (Wildman–Crippen LogP) is 14.3. The lowest BCUT2D eigenvalue weighted by Crippen LogP contribution is -2.10. The Morgan fingerprint density at radius 3 is 1.37 bits per heavy atom. The van der Waals surface area contributed by atoms with Crippen LogP contribution in [-0.4, -0.2) is 9.13 Å². The van der Waals surface area contributed by atoms with Gasteiger partial charge < -0.3 is 9.13 Å². The molecule has 0 bridgehead atoms. The highest BCUT2D eigenvalue weighted by atomic mass is 19.4. The van der Waals surface area contributed by atoms with Crippen molar-refractivity contribution in [3.05, 3.63) is 192 Å². The van der Waals surface area contributed by atoms with E-state index in [9.17, 15) is 23.7 Å². The molecule has 10 aromatic rings. The van der Waals surface area contributed by atoms with Crippen LogP contribution in [0.25, 0.3) is 88.4 Å². The fraction of sp³-hybridized carbons (Fsp3) is 0.0566. The highest BCUT2D eigenvalue weighted by Gasteiger charge is 2.36. The van der Waals surface area contributed by atoms with E-state index in [1.54, 1.807) is 12.1 Å². The summed E-state index contributed by atoms with van der Waals surface area (Å²) in [7, 11) is 0. The van der Waals surface area contributed by atoms with E-state index >= 15 is 0 Å². The predicted molar refractivity (Wildman–Crippen MR) is 235 cm³/mol. The lowest BCUT2D eigenvalue weighted by molar-refractivity contribution is -0.137. The number of nitrogens with zero attached hydrogens (tertiary/aromatic N) is 4. The van der Waals surface area contributed by atoms with Crippen molar-refractivity contribution in [3.63, 3.8) is 0 Å². The Balaban J connectivity index is 1.39. The molecule has 0 atom stereocenters. The van der Waals surface area contributed by atoms with Gasteiger partial charge in [-0.25, -0.2) is 0 Å². The number of hydrogen-bond donors (Lipinski definition) is 0. The maximum absolute atomic E-state index is 15.0. The lowest BCUT2D eigenvalue weighted by atomic mass is 9.90. The largest absolute Gasteiger partial charge is 0.417 e. The van der Waals surface area contributed by atoms with E-state index in [1.165, 1.54) is 12.1 Å². The van der Waals surface area contributed by atoms with Crippen molar-refractivity contribution < 1.29 is 13.2 Å². The molecule has 0 spiro atoms. The minimum Gasteiger partial charge on any atom is -0.307 e. The summed E-state index contributed by atoms with van der Waals surface area (Å²) in [5.74, 6) is 0. The summed E-state index contributed by atoms with van der Waals surface area (Å²) in [6, 6.07) is 56.5. The maximum atomic E-state index is 15.0. The SMILES string of the molecule is Cc1ccc(-c2ccc3c4ccccc4n(-c4cc(C#N)c(-c5c(C#N)cccc5C(F)(F)F)cc4-n4c5ccccc5c5ccc(-c6ccc(C)cc6)cc54)c3c2)cc1. The van der Waals surface area contributed by atoms with Crippen LogP contribution >= 0.6 is 0 Å². The fourth-order valence-electron chi connectivity index (χ4n) is 8.72. The molecule has 0 amide bonds.